The lowest BCUT2D eigenvalue weighted by Crippen LogP contribution is -2.67. The fourth-order valence-corrected chi connectivity index (χ4v) is 10.8. The molecule has 2 aromatic heterocycles. The smallest absolute Gasteiger partial charge is 0.256 e. The molecule has 228 valence electrons. The van der Waals surface area contributed by atoms with Gasteiger partial charge in [0, 0.05) is 55.2 Å². The normalized spacial score (nSPS) is 14.9. The van der Waals surface area contributed by atoms with E-state index in [0.717, 1.165) is 77.8 Å². The van der Waals surface area contributed by atoms with Gasteiger partial charge in [-0.05, 0) is 57.0 Å². The molecule has 50 heavy (non-hydrogen) atoms. The number of para-hydroxylation sites is 4. The molecule has 0 saturated carbocycles. The van der Waals surface area contributed by atoms with Crippen molar-refractivity contribution in [3.63, 3.8) is 0 Å². The molecule has 0 atom stereocenters. The molecule has 0 aliphatic carbocycles. The maximum absolute atomic E-state index is 6.96. The summed E-state index contributed by atoms with van der Waals surface area (Å²) < 4.78 is 26.6. The molecule has 5 nitrogen and oxygen atoms in total. The number of furan rings is 2. The van der Waals surface area contributed by atoms with Gasteiger partial charge >= 0.3 is 0 Å². The summed E-state index contributed by atoms with van der Waals surface area (Å²) in [4.78, 5) is 5.07. The van der Waals surface area contributed by atoms with Gasteiger partial charge in [-0.25, -0.2) is 0 Å². The molecule has 5 aliphatic rings. The van der Waals surface area contributed by atoms with Crippen LogP contribution in [0.5, 0.6) is 23.0 Å². The fraction of sp³-hybridized carbons (Fsp3) is 0. The minimum Gasteiger partial charge on any atom is -0.458 e. The second kappa shape index (κ2) is 8.24. The van der Waals surface area contributed by atoms with E-state index in [0.29, 0.717) is 0 Å². The van der Waals surface area contributed by atoms with Crippen LogP contribution in [0.15, 0.2) is 134 Å². The highest BCUT2D eigenvalue weighted by Crippen LogP contribution is 2.55. The average Bonchev–Trinajstić information content (AvgIpc) is 3.70. The van der Waals surface area contributed by atoms with Crippen molar-refractivity contribution >= 4 is 119 Å². The van der Waals surface area contributed by atoms with Crippen molar-refractivity contribution in [1.29, 1.82) is 0 Å². The molecule has 0 radical (unpaired) electrons. The van der Waals surface area contributed by atoms with Gasteiger partial charge in [-0.3, -0.25) is 0 Å². The number of ether oxygens (including phenoxy) is 2. The average molecular weight is 655 g/mol. The Labute approximate surface area is 289 Å². The van der Waals surface area contributed by atoms with Crippen LogP contribution in [0.4, 0.5) is 17.1 Å². The summed E-state index contributed by atoms with van der Waals surface area (Å²) in [5.41, 5.74) is 14.5. The number of fused-ring (bicyclic) bond motifs is 12. The van der Waals surface area contributed by atoms with Gasteiger partial charge in [0.2, 0.25) is 0 Å². The van der Waals surface area contributed by atoms with E-state index in [1.165, 1.54) is 48.7 Å². The van der Waals surface area contributed by atoms with Gasteiger partial charge in [-0.1, -0.05) is 84.6 Å². The lowest BCUT2D eigenvalue weighted by Gasteiger charge is -2.49. The lowest BCUT2D eigenvalue weighted by molar-refractivity contribution is 0.465. The van der Waals surface area contributed by atoms with E-state index in [-0.39, 0.29) is 13.4 Å². The van der Waals surface area contributed by atoms with Crippen molar-refractivity contribution in [3.8, 4) is 23.0 Å². The number of anilines is 3. The Hall–Kier alpha value is -5.98. The molecule has 14 rings (SSSR count). The first kappa shape index (κ1) is 25.1. The van der Waals surface area contributed by atoms with Crippen molar-refractivity contribution in [2.45, 2.75) is 9.79 Å². The Kier molecular flexibility index (Phi) is 4.13. The monoisotopic (exact) mass is 655 g/mol. The first-order valence-electron chi connectivity index (χ1n) is 17.0. The van der Waals surface area contributed by atoms with Gasteiger partial charge in [-0.15, -0.1) is 0 Å². The highest BCUT2D eigenvalue weighted by Gasteiger charge is 2.52. The fourth-order valence-electron chi connectivity index (χ4n) is 9.62. The van der Waals surface area contributed by atoms with Crippen LogP contribution in [0.25, 0.3) is 43.9 Å². The molecular weight excluding hydrogens is 636 g/mol. The van der Waals surface area contributed by atoms with Crippen molar-refractivity contribution < 1.29 is 18.3 Å². The molecule has 0 amide bonds. The topological polar surface area (TPSA) is 48.0 Å². The summed E-state index contributed by atoms with van der Waals surface area (Å²) >= 11 is 1.88. The second-order valence-corrected chi connectivity index (χ2v) is 15.0. The van der Waals surface area contributed by atoms with Gasteiger partial charge in [0.05, 0.1) is 11.4 Å². The van der Waals surface area contributed by atoms with Crippen LogP contribution in [-0.2, 0) is 0 Å². The zero-order valence-electron chi connectivity index (χ0n) is 26.1. The van der Waals surface area contributed by atoms with Crippen LogP contribution < -0.4 is 47.2 Å². The predicted octanol–water partition coefficient (Wildman–Crippen LogP) is 7.29. The lowest BCUT2D eigenvalue weighted by atomic mass is 9.29. The summed E-state index contributed by atoms with van der Waals surface area (Å²) in [5.74, 6) is 3.30. The minimum atomic E-state index is -0.0203. The first-order valence-corrected chi connectivity index (χ1v) is 17.8. The third-order valence-corrected chi connectivity index (χ3v) is 12.6. The Balaban J connectivity index is 1.12. The quantitative estimate of drug-likeness (QED) is 0.160. The van der Waals surface area contributed by atoms with E-state index in [9.17, 15) is 0 Å². The summed E-state index contributed by atoms with van der Waals surface area (Å²) in [6.07, 6.45) is 0. The van der Waals surface area contributed by atoms with Crippen LogP contribution in [0.2, 0.25) is 0 Å². The number of nitrogens with zero attached hydrogens (tertiary/aromatic N) is 1. The van der Waals surface area contributed by atoms with Crippen molar-refractivity contribution in [2.75, 3.05) is 4.90 Å². The van der Waals surface area contributed by atoms with E-state index in [2.05, 4.69) is 95.9 Å². The van der Waals surface area contributed by atoms with Crippen LogP contribution in [0.1, 0.15) is 0 Å². The van der Waals surface area contributed by atoms with Gasteiger partial charge < -0.3 is 23.2 Å². The molecule has 8 heteroatoms. The first-order chi connectivity index (χ1) is 24.8. The number of rotatable bonds is 0. The summed E-state index contributed by atoms with van der Waals surface area (Å²) in [6, 6.07) is 41.1. The molecular formula is C42H19B2NO4S. The molecule has 5 aliphatic heterocycles. The molecule has 0 N–H and O–H groups in total. The zero-order valence-corrected chi connectivity index (χ0v) is 26.9. The number of hydrogen-bond acceptors (Lipinski definition) is 6. The molecule has 9 aromatic rings. The molecule has 0 spiro atoms. The van der Waals surface area contributed by atoms with Crippen LogP contribution in [-0.4, -0.2) is 13.4 Å². The number of hydrogen-bond donors (Lipinski definition) is 0. The Morgan fingerprint density at radius 2 is 0.940 bits per heavy atom. The highest BCUT2D eigenvalue weighted by atomic mass is 32.2. The standard InChI is InChI=1S/C42H19B2NO4S/c1-3-11-28-20(7-1)22-15-26-32(17-30(22)46-28)48-34-19-35-39-42-38(34)43(26)24-9-5-13-36-40(24)45(42)41-25(10-6-14-37(41)50-36)44(39)27-16-23-21-8-2-4-12-29(21)47-31(23)18-33(27)49-35/h1-19H. The Morgan fingerprint density at radius 3 is 1.48 bits per heavy atom. The summed E-state index contributed by atoms with van der Waals surface area (Å²) in [7, 11) is 0. The van der Waals surface area contributed by atoms with Crippen molar-refractivity contribution in [1.82, 2.24) is 0 Å². The Bertz CT molecular complexity index is 2920. The minimum absolute atomic E-state index is 0.0203. The van der Waals surface area contributed by atoms with Crippen LogP contribution in [0.3, 0.4) is 0 Å². The maximum atomic E-state index is 6.96. The van der Waals surface area contributed by atoms with Gasteiger partial charge in [0.25, 0.3) is 13.4 Å². The van der Waals surface area contributed by atoms with Crippen LogP contribution in [0, 0.1) is 0 Å². The van der Waals surface area contributed by atoms with E-state index in [1.807, 2.05) is 36.0 Å². The third kappa shape index (κ3) is 2.76. The zero-order chi connectivity index (χ0) is 32.0. The molecule has 0 saturated heterocycles. The molecule has 0 unspecified atom stereocenters. The number of benzene rings is 7. The van der Waals surface area contributed by atoms with E-state index < -0.39 is 0 Å². The SMILES string of the molecule is c1cc2c3c(c1)B1c4cc5c(cc4Oc4cc6c7c(c41)N3c1c(cccc1B7c1cc3c(cc1O6)oc1ccccc13)S2)oc1ccccc15. The molecule has 0 fully saturated rings. The van der Waals surface area contributed by atoms with Gasteiger partial charge in [0.15, 0.2) is 0 Å². The maximum Gasteiger partial charge on any atom is 0.256 e. The second-order valence-electron chi connectivity index (χ2n) is 13.9. The highest BCUT2D eigenvalue weighted by molar-refractivity contribution is 7.99. The molecule has 0 bridgehead atoms. The summed E-state index contributed by atoms with van der Waals surface area (Å²) in [6.45, 7) is -0.0406. The van der Waals surface area contributed by atoms with Crippen LogP contribution >= 0.6 is 11.8 Å². The van der Waals surface area contributed by atoms with Crippen molar-refractivity contribution in [3.05, 3.63) is 115 Å². The van der Waals surface area contributed by atoms with E-state index in [1.54, 1.807) is 0 Å². The van der Waals surface area contributed by atoms with E-state index in [4.69, 9.17) is 18.3 Å². The van der Waals surface area contributed by atoms with Gasteiger partial charge in [-0.2, -0.15) is 0 Å². The van der Waals surface area contributed by atoms with E-state index >= 15 is 0 Å². The summed E-state index contributed by atoms with van der Waals surface area (Å²) in [5, 5.41) is 4.46. The third-order valence-electron chi connectivity index (χ3n) is 11.5. The Morgan fingerprint density at radius 1 is 0.420 bits per heavy atom. The van der Waals surface area contributed by atoms with Gasteiger partial charge in [0.1, 0.15) is 45.3 Å². The van der Waals surface area contributed by atoms with Crippen molar-refractivity contribution in [2.24, 2.45) is 0 Å². The molecule has 7 heterocycles. The largest absolute Gasteiger partial charge is 0.458 e. The predicted molar refractivity (Wildman–Crippen MR) is 202 cm³/mol. The molecule has 7 aromatic carbocycles.